The van der Waals surface area contributed by atoms with Gasteiger partial charge in [-0.15, -0.1) is 0 Å². The molecule has 2 saturated heterocycles. The van der Waals surface area contributed by atoms with E-state index in [1.165, 1.54) is 4.31 Å². The average molecular weight is 385 g/mol. The SMILES string of the molecule is C=C1[C@H]2OC(=O)O[C@@]2(C)[C@H](c2ccccc2)N1S(=O)(=O)c1ccc(C)cc1. The number of carbonyl (C=O) groups is 1. The molecular weight excluding hydrogens is 366 g/mol. The second-order valence-corrected chi connectivity index (χ2v) is 8.77. The largest absolute Gasteiger partial charge is 0.509 e. The lowest BCUT2D eigenvalue weighted by atomic mass is 9.89. The van der Waals surface area contributed by atoms with Crippen molar-refractivity contribution in [2.75, 3.05) is 0 Å². The Morgan fingerprint density at radius 1 is 1.07 bits per heavy atom. The number of hydrogen-bond donors (Lipinski definition) is 0. The van der Waals surface area contributed by atoms with E-state index >= 15 is 0 Å². The molecule has 140 valence electrons. The van der Waals surface area contributed by atoms with Gasteiger partial charge in [-0.1, -0.05) is 54.6 Å². The molecule has 0 unspecified atom stereocenters. The Kier molecular flexibility index (Phi) is 3.82. The van der Waals surface area contributed by atoms with Crippen LogP contribution in [-0.2, 0) is 19.5 Å². The Balaban J connectivity index is 1.89. The van der Waals surface area contributed by atoms with Crippen molar-refractivity contribution >= 4 is 16.2 Å². The van der Waals surface area contributed by atoms with E-state index in [4.69, 9.17) is 9.47 Å². The van der Waals surface area contributed by atoms with Crippen LogP contribution in [0, 0.1) is 6.92 Å². The summed E-state index contributed by atoms with van der Waals surface area (Å²) in [6, 6.07) is 14.9. The summed E-state index contributed by atoms with van der Waals surface area (Å²) in [5, 5.41) is 0. The molecule has 27 heavy (non-hydrogen) atoms. The number of rotatable bonds is 3. The van der Waals surface area contributed by atoms with Crippen molar-refractivity contribution < 1.29 is 22.7 Å². The van der Waals surface area contributed by atoms with Crippen LogP contribution in [0.15, 0.2) is 71.8 Å². The van der Waals surface area contributed by atoms with Crippen LogP contribution >= 0.6 is 0 Å². The molecule has 2 fully saturated rings. The number of sulfonamides is 1. The Morgan fingerprint density at radius 2 is 1.70 bits per heavy atom. The number of nitrogens with zero attached hydrogens (tertiary/aromatic N) is 1. The molecule has 7 heteroatoms. The molecule has 2 heterocycles. The highest BCUT2D eigenvalue weighted by Crippen LogP contribution is 2.54. The number of benzene rings is 2. The molecular formula is C20H19NO5S. The van der Waals surface area contributed by atoms with Gasteiger partial charge in [0.1, 0.15) is 6.04 Å². The second kappa shape index (κ2) is 5.85. The first-order valence-electron chi connectivity index (χ1n) is 8.49. The molecule has 4 rings (SSSR count). The third-order valence-corrected chi connectivity index (χ3v) is 6.93. The van der Waals surface area contributed by atoms with E-state index in [0.29, 0.717) is 5.56 Å². The Morgan fingerprint density at radius 3 is 2.33 bits per heavy atom. The molecule has 3 atom stereocenters. The minimum atomic E-state index is -3.94. The van der Waals surface area contributed by atoms with Crippen LogP contribution in [0.25, 0.3) is 0 Å². The standard InChI is InChI=1S/C20H19NO5S/c1-13-9-11-16(12-10-13)27(23,24)21-14(2)18-20(3,26-19(22)25-18)17(21)15-7-5-4-6-8-15/h4-12,17-18H,2H2,1,3H3/t17-,18+,20-/m0/s1. The molecule has 0 saturated carbocycles. The molecule has 0 N–H and O–H groups in total. The van der Waals surface area contributed by atoms with E-state index in [1.54, 1.807) is 43.3 Å². The molecule has 2 aliphatic heterocycles. The lowest BCUT2D eigenvalue weighted by Crippen LogP contribution is -2.40. The van der Waals surface area contributed by atoms with Crippen LogP contribution in [0.4, 0.5) is 4.79 Å². The van der Waals surface area contributed by atoms with Crippen LogP contribution in [0.2, 0.25) is 0 Å². The van der Waals surface area contributed by atoms with Crippen molar-refractivity contribution in [3.63, 3.8) is 0 Å². The van der Waals surface area contributed by atoms with E-state index in [9.17, 15) is 13.2 Å². The summed E-state index contributed by atoms with van der Waals surface area (Å²) in [6.45, 7) is 7.49. The van der Waals surface area contributed by atoms with Gasteiger partial charge in [-0.2, -0.15) is 0 Å². The van der Waals surface area contributed by atoms with Gasteiger partial charge in [-0.3, -0.25) is 4.31 Å². The predicted octanol–water partition coefficient (Wildman–Crippen LogP) is 3.55. The van der Waals surface area contributed by atoms with Gasteiger partial charge < -0.3 is 9.47 Å². The van der Waals surface area contributed by atoms with E-state index in [0.717, 1.165) is 5.56 Å². The highest BCUT2D eigenvalue weighted by molar-refractivity contribution is 7.89. The Labute approximate surface area is 158 Å². The van der Waals surface area contributed by atoms with Crippen molar-refractivity contribution in [1.29, 1.82) is 0 Å². The Hall–Kier alpha value is -2.80. The summed E-state index contributed by atoms with van der Waals surface area (Å²) >= 11 is 0. The van der Waals surface area contributed by atoms with Gasteiger partial charge >= 0.3 is 6.16 Å². The summed E-state index contributed by atoms with van der Waals surface area (Å²) in [4.78, 5) is 11.9. The molecule has 2 aromatic rings. The summed E-state index contributed by atoms with van der Waals surface area (Å²) in [5.74, 6) is 0. The van der Waals surface area contributed by atoms with Crippen molar-refractivity contribution in [3.8, 4) is 0 Å². The second-order valence-electron chi connectivity index (χ2n) is 6.95. The van der Waals surface area contributed by atoms with Gasteiger partial charge in [-0.25, -0.2) is 13.2 Å². The number of fused-ring (bicyclic) bond motifs is 1. The van der Waals surface area contributed by atoms with Crippen LogP contribution in [0.5, 0.6) is 0 Å². The molecule has 0 spiro atoms. The third-order valence-electron chi connectivity index (χ3n) is 5.09. The molecule has 0 aliphatic carbocycles. The number of carbonyl (C=O) groups excluding carboxylic acids is 1. The first-order chi connectivity index (χ1) is 12.7. The molecule has 0 amide bonds. The average Bonchev–Trinajstić information content (AvgIpc) is 3.05. The first kappa shape index (κ1) is 17.6. The quantitative estimate of drug-likeness (QED) is 0.756. The summed E-state index contributed by atoms with van der Waals surface area (Å²) in [5.41, 5.74) is 0.623. The zero-order chi connectivity index (χ0) is 19.4. The monoisotopic (exact) mass is 385 g/mol. The maximum absolute atomic E-state index is 13.5. The fourth-order valence-corrected chi connectivity index (χ4v) is 5.52. The lowest BCUT2D eigenvalue weighted by molar-refractivity contribution is 0.0352. The van der Waals surface area contributed by atoms with Crippen molar-refractivity contribution in [1.82, 2.24) is 4.31 Å². The summed E-state index contributed by atoms with van der Waals surface area (Å²) in [6.07, 6.45) is -1.70. The lowest BCUT2D eigenvalue weighted by Gasteiger charge is -2.32. The van der Waals surface area contributed by atoms with Gasteiger partial charge in [0.25, 0.3) is 10.0 Å². The van der Waals surface area contributed by atoms with Gasteiger partial charge in [-0.05, 0) is 31.5 Å². The third kappa shape index (κ3) is 2.53. The van der Waals surface area contributed by atoms with Crippen LogP contribution < -0.4 is 0 Å². The predicted molar refractivity (Wildman–Crippen MR) is 98.3 cm³/mol. The smallest absolute Gasteiger partial charge is 0.421 e. The summed E-state index contributed by atoms with van der Waals surface area (Å²) < 4.78 is 38.9. The summed E-state index contributed by atoms with van der Waals surface area (Å²) in [7, 11) is -3.94. The first-order valence-corrected chi connectivity index (χ1v) is 9.93. The van der Waals surface area contributed by atoms with Crippen LogP contribution in [0.1, 0.15) is 24.1 Å². The normalized spacial score (nSPS) is 27.3. The molecule has 2 aromatic carbocycles. The van der Waals surface area contributed by atoms with E-state index in [1.807, 2.05) is 25.1 Å². The molecule has 0 bridgehead atoms. The Bertz CT molecular complexity index is 1020. The van der Waals surface area contributed by atoms with Gasteiger partial charge in [0, 0.05) is 0 Å². The fourth-order valence-electron chi connectivity index (χ4n) is 3.80. The van der Waals surface area contributed by atoms with Gasteiger partial charge in [0.05, 0.1) is 10.6 Å². The minimum Gasteiger partial charge on any atom is -0.421 e. The maximum Gasteiger partial charge on any atom is 0.509 e. The zero-order valence-corrected chi connectivity index (χ0v) is 15.8. The number of hydrogen-bond acceptors (Lipinski definition) is 5. The highest BCUT2D eigenvalue weighted by Gasteiger charge is 2.65. The molecule has 6 nitrogen and oxygen atoms in total. The minimum absolute atomic E-state index is 0.144. The zero-order valence-electron chi connectivity index (χ0n) is 15.0. The van der Waals surface area contributed by atoms with E-state index < -0.39 is 33.9 Å². The molecule has 0 radical (unpaired) electrons. The van der Waals surface area contributed by atoms with E-state index in [-0.39, 0.29) is 10.6 Å². The van der Waals surface area contributed by atoms with Crippen molar-refractivity contribution in [2.24, 2.45) is 0 Å². The fraction of sp³-hybridized carbons (Fsp3) is 0.250. The maximum atomic E-state index is 13.5. The molecule has 0 aromatic heterocycles. The highest BCUT2D eigenvalue weighted by atomic mass is 32.2. The van der Waals surface area contributed by atoms with Crippen molar-refractivity contribution in [3.05, 3.63) is 78.0 Å². The van der Waals surface area contributed by atoms with E-state index in [2.05, 4.69) is 6.58 Å². The topological polar surface area (TPSA) is 72.9 Å². The number of aryl methyl sites for hydroxylation is 1. The van der Waals surface area contributed by atoms with Crippen molar-refractivity contribution in [2.45, 2.75) is 36.5 Å². The van der Waals surface area contributed by atoms with Gasteiger partial charge in [0.15, 0.2) is 11.7 Å². The van der Waals surface area contributed by atoms with Gasteiger partial charge in [0.2, 0.25) is 0 Å². The van der Waals surface area contributed by atoms with Crippen LogP contribution in [-0.4, -0.2) is 30.6 Å². The molecule has 2 aliphatic rings. The van der Waals surface area contributed by atoms with Crippen LogP contribution in [0.3, 0.4) is 0 Å². The number of ether oxygens (including phenoxy) is 2.